The summed E-state index contributed by atoms with van der Waals surface area (Å²) in [4.78, 5) is 11.6. The number of benzene rings is 3. The Morgan fingerprint density at radius 2 is 1.56 bits per heavy atom. The summed E-state index contributed by atoms with van der Waals surface area (Å²) in [5, 5.41) is 8.45. The van der Waals surface area contributed by atoms with E-state index in [1.54, 1.807) is 7.11 Å². The molecular formula is C32H39N5O2. The zero-order valence-corrected chi connectivity index (χ0v) is 23.2. The van der Waals surface area contributed by atoms with Crippen LogP contribution in [0.2, 0.25) is 0 Å². The minimum Gasteiger partial charge on any atom is -0.493 e. The van der Waals surface area contributed by atoms with Gasteiger partial charge in [-0.15, -0.1) is 0 Å². The van der Waals surface area contributed by atoms with Crippen LogP contribution >= 0.6 is 0 Å². The molecule has 1 saturated carbocycles. The van der Waals surface area contributed by atoms with Crippen molar-refractivity contribution in [2.75, 3.05) is 38.0 Å². The lowest BCUT2D eigenvalue weighted by Crippen LogP contribution is -2.38. The van der Waals surface area contributed by atoms with E-state index in [0.717, 1.165) is 78.4 Å². The first-order valence-electron chi connectivity index (χ1n) is 13.9. The van der Waals surface area contributed by atoms with Crippen LogP contribution in [0.5, 0.6) is 11.5 Å². The van der Waals surface area contributed by atoms with Gasteiger partial charge in [0.05, 0.1) is 12.6 Å². The molecule has 1 aliphatic rings. The van der Waals surface area contributed by atoms with E-state index in [0.29, 0.717) is 18.7 Å². The van der Waals surface area contributed by atoms with Crippen LogP contribution in [0.25, 0.3) is 10.9 Å². The molecule has 0 radical (unpaired) electrons. The molecule has 0 atom stereocenters. The van der Waals surface area contributed by atoms with Crippen molar-refractivity contribution in [3.05, 3.63) is 83.9 Å². The Kier molecular flexibility index (Phi) is 8.78. The summed E-state index contributed by atoms with van der Waals surface area (Å²) in [5.41, 5.74) is 3.36. The van der Waals surface area contributed by atoms with E-state index >= 15 is 0 Å². The Labute approximate surface area is 231 Å². The summed E-state index contributed by atoms with van der Waals surface area (Å²) in [6.07, 6.45) is 5.44. The molecule has 1 fully saturated rings. The van der Waals surface area contributed by atoms with Gasteiger partial charge in [-0.3, -0.25) is 0 Å². The third-order valence-corrected chi connectivity index (χ3v) is 7.38. The molecule has 39 heavy (non-hydrogen) atoms. The van der Waals surface area contributed by atoms with Gasteiger partial charge in [0.1, 0.15) is 12.4 Å². The van der Waals surface area contributed by atoms with Crippen LogP contribution in [0.4, 0.5) is 11.8 Å². The molecule has 7 heteroatoms. The lowest BCUT2D eigenvalue weighted by atomic mass is 9.91. The smallest absolute Gasteiger partial charge is 0.225 e. The van der Waals surface area contributed by atoms with E-state index in [9.17, 15) is 0 Å². The quantitative estimate of drug-likeness (QED) is 0.255. The van der Waals surface area contributed by atoms with E-state index in [1.165, 1.54) is 5.56 Å². The fraction of sp³-hybridized carbons (Fsp3) is 0.375. The van der Waals surface area contributed by atoms with Crippen molar-refractivity contribution in [3.8, 4) is 11.5 Å². The maximum atomic E-state index is 6.00. The highest BCUT2D eigenvalue weighted by atomic mass is 16.5. The Morgan fingerprint density at radius 1 is 0.821 bits per heavy atom. The minimum atomic E-state index is 0.395. The average molecular weight is 526 g/mol. The summed E-state index contributed by atoms with van der Waals surface area (Å²) in [6, 6.07) is 25.6. The van der Waals surface area contributed by atoms with E-state index in [-0.39, 0.29) is 0 Å². The van der Waals surface area contributed by atoms with Crippen LogP contribution in [0, 0.1) is 0 Å². The van der Waals surface area contributed by atoms with Crippen LogP contribution < -0.4 is 25.0 Å². The van der Waals surface area contributed by atoms with Gasteiger partial charge in [-0.2, -0.15) is 4.98 Å². The van der Waals surface area contributed by atoms with Gasteiger partial charge in [0, 0.05) is 31.6 Å². The fourth-order valence-electron chi connectivity index (χ4n) is 5.23. The topological polar surface area (TPSA) is 71.5 Å². The van der Waals surface area contributed by atoms with Crippen molar-refractivity contribution >= 4 is 22.7 Å². The molecule has 0 bridgehead atoms. The van der Waals surface area contributed by atoms with Gasteiger partial charge < -0.3 is 25.0 Å². The number of rotatable bonds is 11. The van der Waals surface area contributed by atoms with Crippen molar-refractivity contribution in [2.45, 2.75) is 50.8 Å². The molecule has 0 spiro atoms. The monoisotopic (exact) mass is 525 g/mol. The van der Waals surface area contributed by atoms with E-state index < -0.39 is 0 Å². The Hall–Kier alpha value is -3.84. The third kappa shape index (κ3) is 6.98. The van der Waals surface area contributed by atoms with Crippen molar-refractivity contribution < 1.29 is 9.47 Å². The first-order chi connectivity index (χ1) is 19.1. The van der Waals surface area contributed by atoms with Gasteiger partial charge >= 0.3 is 0 Å². The first kappa shape index (κ1) is 26.8. The molecule has 3 aromatic carbocycles. The second-order valence-corrected chi connectivity index (χ2v) is 10.4. The molecule has 204 valence electrons. The van der Waals surface area contributed by atoms with E-state index in [2.05, 4.69) is 51.9 Å². The predicted molar refractivity (Wildman–Crippen MR) is 159 cm³/mol. The molecule has 5 rings (SSSR count). The summed E-state index contributed by atoms with van der Waals surface area (Å²) in [5.74, 6) is 3.23. The Bertz CT molecular complexity index is 1350. The highest BCUT2D eigenvalue weighted by Crippen LogP contribution is 2.29. The molecule has 0 aliphatic heterocycles. The Morgan fingerprint density at radius 3 is 2.33 bits per heavy atom. The second kappa shape index (κ2) is 12.8. The molecule has 1 heterocycles. The second-order valence-electron chi connectivity index (χ2n) is 10.4. The molecule has 1 aliphatic carbocycles. The van der Waals surface area contributed by atoms with Crippen molar-refractivity contribution in [1.82, 2.24) is 15.3 Å². The molecule has 1 aromatic heterocycles. The van der Waals surface area contributed by atoms with Gasteiger partial charge in [-0.25, -0.2) is 4.98 Å². The van der Waals surface area contributed by atoms with Crippen LogP contribution in [-0.2, 0) is 13.0 Å². The van der Waals surface area contributed by atoms with Crippen molar-refractivity contribution in [1.29, 1.82) is 0 Å². The number of anilines is 2. The summed E-state index contributed by atoms with van der Waals surface area (Å²) < 4.78 is 11.6. The SMILES string of the molecule is COc1cc(CCNC2CCC(Nc3nc(N(C)C)c4ccccc4n3)CC2)ccc1OCc1ccccc1. The van der Waals surface area contributed by atoms with Crippen LogP contribution in [0.1, 0.15) is 36.8 Å². The van der Waals surface area contributed by atoms with Crippen molar-refractivity contribution in [2.24, 2.45) is 0 Å². The fourth-order valence-corrected chi connectivity index (χ4v) is 5.23. The van der Waals surface area contributed by atoms with Gasteiger partial charge in [0.15, 0.2) is 11.5 Å². The maximum absolute atomic E-state index is 6.00. The Balaban J connectivity index is 1.08. The number of nitrogens with zero attached hydrogens (tertiary/aromatic N) is 3. The largest absolute Gasteiger partial charge is 0.493 e. The molecule has 0 unspecified atom stereocenters. The number of methoxy groups -OCH3 is 1. The highest BCUT2D eigenvalue weighted by molar-refractivity contribution is 5.90. The predicted octanol–water partition coefficient (Wildman–Crippen LogP) is 5.84. The molecule has 7 nitrogen and oxygen atoms in total. The summed E-state index contributed by atoms with van der Waals surface area (Å²) in [7, 11) is 5.75. The molecule has 4 aromatic rings. The molecule has 2 N–H and O–H groups in total. The number of hydrogen-bond acceptors (Lipinski definition) is 7. The number of nitrogens with one attached hydrogen (secondary N) is 2. The summed E-state index contributed by atoms with van der Waals surface area (Å²) >= 11 is 0. The van der Waals surface area contributed by atoms with Crippen molar-refractivity contribution in [3.63, 3.8) is 0 Å². The lowest BCUT2D eigenvalue weighted by Gasteiger charge is -2.30. The number of para-hydroxylation sites is 1. The normalized spacial score (nSPS) is 17.1. The van der Waals surface area contributed by atoms with Crippen LogP contribution in [0.3, 0.4) is 0 Å². The van der Waals surface area contributed by atoms with Gasteiger partial charge in [-0.05, 0) is 74.0 Å². The average Bonchev–Trinajstić information content (AvgIpc) is 2.97. The van der Waals surface area contributed by atoms with E-state index in [4.69, 9.17) is 19.4 Å². The van der Waals surface area contributed by atoms with Crippen LogP contribution in [-0.4, -0.2) is 49.8 Å². The molecule has 0 amide bonds. The zero-order valence-electron chi connectivity index (χ0n) is 23.2. The number of fused-ring (bicyclic) bond motifs is 1. The lowest BCUT2D eigenvalue weighted by molar-refractivity contribution is 0.284. The number of hydrogen-bond donors (Lipinski definition) is 2. The minimum absolute atomic E-state index is 0.395. The highest BCUT2D eigenvalue weighted by Gasteiger charge is 2.22. The third-order valence-electron chi connectivity index (χ3n) is 7.38. The van der Waals surface area contributed by atoms with Crippen LogP contribution in [0.15, 0.2) is 72.8 Å². The van der Waals surface area contributed by atoms with Gasteiger partial charge in [-0.1, -0.05) is 48.5 Å². The van der Waals surface area contributed by atoms with Gasteiger partial charge in [0.25, 0.3) is 0 Å². The first-order valence-corrected chi connectivity index (χ1v) is 13.9. The zero-order chi connectivity index (χ0) is 27.0. The maximum Gasteiger partial charge on any atom is 0.225 e. The van der Waals surface area contributed by atoms with Gasteiger partial charge in [0.2, 0.25) is 5.95 Å². The summed E-state index contributed by atoms with van der Waals surface area (Å²) in [6.45, 7) is 1.47. The number of ether oxygens (including phenoxy) is 2. The molecule has 0 saturated heterocycles. The standard InChI is InChI=1S/C32H39N5O2/c1-37(2)31-27-11-7-8-12-28(27)35-32(36-31)34-26-16-14-25(15-17-26)33-20-19-23-13-18-29(30(21-23)38-3)39-22-24-9-5-4-6-10-24/h4-13,18,21,25-26,33H,14-17,19-20,22H2,1-3H3,(H,34,35,36). The van der Waals surface area contributed by atoms with E-state index in [1.807, 2.05) is 50.5 Å². The molecular weight excluding hydrogens is 486 g/mol. The number of aromatic nitrogens is 2.